The van der Waals surface area contributed by atoms with Gasteiger partial charge in [-0.05, 0) is 24.6 Å². The van der Waals surface area contributed by atoms with Crippen LogP contribution in [0.2, 0.25) is 5.02 Å². The highest BCUT2D eigenvalue weighted by molar-refractivity contribution is 6.34. The van der Waals surface area contributed by atoms with E-state index in [9.17, 15) is 5.11 Å². The van der Waals surface area contributed by atoms with Gasteiger partial charge < -0.3 is 15.4 Å². The van der Waals surface area contributed by atoms with E-state index in [1.165, 1.54) is 0 Å². The van der Waals surface area contributed by atoms with E-state index in [4.69, 9.17) is 21.9 Å². The predicted molar refractivity (Wildman–Crippen MR) is 57.8 cm³/mol. The van der Waals surface area contributed by atoms with Crippen LogP contribution in [0.5, 0.6) is 5.75 Å². The standard InChI is InChI=1S/C10H9ClN2O2/c1-5-2-6(10(11)8(14)3-5)7-4-9(12)15-13-7/h2-4,14H,12H2,1H3. The molecule has 0 bridgehead atoms. The molecule has 0 fully saturated rings. The average molecular weight is 225 g/mol. The highest BCUT2D eigenvalue weighted by Crippen LogP contribution is 2.35. The Balaban J connectivity index is 2.62. The third kappa shape index (κ3) is 1.76. The largest absolute Gasteiger partial charge is 0.506 e. The number of anilines is 1. The number of aromatic nitrogens is 1. The van der Waals surface area contributed by atoms with Crippen molar-refractivity contribution in [2.75, 3.05) is 5.73 Å². The first-order chi connectivity index (χ1) is 7.08. The number of rotatable bonds is 1. The maximum atomic E-state index is 9.53. The molecule has 0 radical (unpaired) electrons. The van der Waals surface area contributed by atoms with Crippen LogP contribution in [0, 0.1) is 6.92 Å². The minimum absolute atomic E-state index is 0.0215. The maximum Gasteiger partial charge on any atom is 0.222 e. The number of phenols is 1. The second-order valence-corrected chi connectivity index (χ2v) is 3.64. The summed E-state index contributed by atoms with van der Waals surface area (Å²) in [4.78, 5) is 0. The number of hydrogen-bond acceptors (Lipinski definition) is 4. The summed E-state index contributed by atoms with van der Waals surface area (Å²) in [6.07, 6.45) is 0. The van der Waals surface area contributed by atoms with Crippen molar-refractivity contribution in [2.45, 2.75) is 6.92 Å². The van der Waals surface area contributed by atoms with Gasteiger partial charge in [0.2, 0.25) is 5.88 Å². The molecule has 0 atom stereocenters. The van der Waals surface area contributed by atoms with Crippen LogP contribution in [0.4, 0.5) is 5.88 Å². The van der Waals surface area contributed by atoms with Crippen molar-refractivity contribution in [2.24, 2.45) is 0 Å². The van der Waals surface area contributed by atoms with Crippen LogP contribution >= 0.6 is 11.6 Å². The number of halogens is 1. The Morgan fingerprint density at radius 1 is 1.40 bits per heavy atom. The highest BCUT2D eigenvalue weighted by atomic mass is 35.5. The lowest BCUT2D eigenvalue weighted by atomic mass is 10.1. The zero-order valence-electron chi connectivity index (χ0n) is 7.99. The van der Waals surface area contributed by atoms with Gasteiger partial charge in [0, 0.05) is 11.6 Å². The smallest absolute Gasteiger partial charge is 0.222 e. The van der Waals surface area contributed by atoms with E-state index in [0.29, 0.717) is 11.3 Å². The van der Waals surface area contributed by atoms with Gasteiger partial charge in [0.05, 0.1) is 5.02 Å². The summed E-state index contributed by atoms with van der Waals surface area (Å²) >= 11 is 5.94. The molecule has 5 heteroatoms. The molecular formula is C10H9ClN2O2. The van der Waals surface area contributed by atoms with Gasteiger partial charge in [-0.3, -0.25) is 0 Å². The van der Waals surface area contributed by atoms with Crippen molar-refractivity contribution < 1.29 is 9.63 Å². The van der Waals surface area contributed by atoms with E-state index >= 15 is 0 Å². The zero-order chi connectivity index (χ0) is 11.0. The van der Waals surface area contributed by atoms with Gasteiger partial charge in [-0.2, -0.15) is 0 Å². The minimum Gasteiger partial charge on any atom is -0.506 e. The first kappa shape index (κ1) is 9.86. The molecule has 1 heterocycles. The lowest BCUT2D eigenvalue weighted by Crippen LogP contribution is -1.83. The van der Waals surface area contributed by atoms with E-state index in [2.05, 4.69) is 5.16 Å². The SMILES string of the molecule is Cc1cc(O)c(Cl)c(-c2cc(N)on2)c1. The molecule has 0 amide bonds. The molecule has 0 unspecified atom stereocenters. The highest BCUT2D eigenvalue weighted by Gasteiger charge is 2.12. The fourth-order valence-corrected chi connectivity index (χ4v) is 1.56. The van der Waals surface area contributed by atoms with Crippen molar-refractivity contribution in [3.05, 3.63) is 28.8 Å². The number of phenolic OH excluding ortho intramolecular Hbond substituents is 1. The van der Waals surface area contributed by atoms with E-state index in [-0.39, 0.29) is 16.7 Å². The van der Waals surface area contributed by atoms with E-state index in [0.717, 1.165) is 5.56 Å². The molecule has 0 aliphatic carbocycles. The Morgan fingerprint density at radius 2 is 2.13 bits per heavy atom. The van der Waals surface area contributed by atoms with Gasteiger partial charge in [-0.25, -0.2) is 0 Å². The average Bonchev–Trinajstić information content (AvgIpc) is 2.58. The quantitative estimate of drug-likeness (QED) is 0.781. The van der Waals surface area contributed by atoms with Crippen molar-refractivity contribution in [1.29, 1.82) is 0 Å². The van der Waals surface area contributed by atoms with Crippen LogP contribution in [0.3, 0.4) is 0 Å². The second kappa shape index (κ2) is 3.47. The Morgan fingerprint density at radius 3 is 2.73 bits per heavy atom. The zero-order valence-corrected chi connectivity index (χ0v) is 8.75. The Bertz CT molecular complexity index is 508. The molecule has 15 heavy (non-hydrogen) atoms. The maximum absolute atomic E-state index is 9.53. The van der Waals surface area contributed by atoms with E-state index < -0.39 is 0 Å². The van der Waals surface area contributed by atoms with Gasteiger partial charge in [0.15, 0.2) is 0 Å². The molecule has 0 aliphatic heterocycles. The van der Waals surface area contributed by atoms with Crippen LogP contribution in [0.15, 0.2) is 22.7 Å². The fraction of sp³-hybridized carbons (Fsp3) is 0.100. The molecule has 0 saturated heterocycles. The Hall–Kier alpha value is -1.68. The third-order valence-electron chi connectivity index (χ3n) is 2.00. The van der Waals surface area contributed by atoms with Gasteiger partial charge in [0.1, 0.15) is 11.4 Å². The van der Waals surface area contributed by atoms with Crippen molar-refractivity contribution >= 4 is 17.5 Å². The molecular weight excluding hydrogens is 216 g/mol. The molecule has 4 nitrogen and oxygen atoms in total. The predicted octanol–water partition coefficient (Wildman–Crippen LogP) is 2.59. The molecule has 0 spiro atoms. The van der Waals surface area contributed by atoms with Crippen LogP contribution in [-0.2, 0) is 0 Å². The molecule has 2 aromatic rings. The molecule has 0 saturated carbocycles. The summed E-state index contributed by atoms with van der Waals surface area (Å²) in [7, 11) is 0. The second-order valence-electron chi connectivity index (χ2n) is 3.26. The van der Waals surface area contributed by atoms with Gasteiger partial charge in [-0.1, -0.05) is 16.8 Å². The van der Waals surface area contributed by atoms with Gasteiger partial charge >= 0.3 is 0 Å². The van der Waals surface area contributed by atoms with Crippen LogP contribution in [0.25, 0.3) is 11.3 Å². The number of aromatic hydroxyl groups is 1. The summed E-state index contributed by atoms with van der Waals surface area (Å²) in [6.45, 7) is 1.85. The molecule has 2 rings (SSSR count). The molecule has 0 aliphatic rings. The molecule has 1 aromatic heterocycles. The van der Waals surface area contributed by atoms with E-state index in [1.807, 2.05) is 6.92 Å². The fourth-order valence-electron chi connectivity index (χ4n) is 1.35. The van der Waals surface area contributed by atoms with Crippen LogP contribution < -0.4 is 5.73 Å². The number of nitrogen functional groups attached to an aromatic ring is 1. The minimum atomic E-state index is 0.0215. The molecule has 3 N–H and O–H groups in total. The Labute approximate surface area is 91.3 Å². The summed E-state index contributed by atoms with van der Waals surface area (Å²) in [5, 5.41) is 13.5. The third-order valence-corrected chi connectivity index (χ3v) is 2.40. The summed E-state index contributed by atoms with van der Waals surface area (Å²) in [6, 6.07) is 4.94. The monoisotopic (exact) mass is 224 g/mol. The normalized spacial score (nSPS) is 10.5. The van der Waals surface area contributed by atoms with Crippen LogP contribution in [0.1, 0.15) is 5.56 Å². The number of benzene rings is 1. The molecule has 78 valence electrons. The number of hydrogen-bond donors (Lipinski definition) is 2. The number of nitrogens with zero attached hydrogens (tertiary/aromatic N) is 1. The van der Waals surface area contributed by atoms with Crippen molar-refractivity contribution in [1.82, 2.24) is 5.16 Å². The van der Waals surface area contributed by atoms with Crippen LogP contribution in [-0.4, -0.2) is 10.3 Å². The van der Waals surface area contributed by atoms with Gasteiger partial charge in [-0.15, -0.1) is 0 Å². The molecule has 1 aromatic carbocycles. The van der Waals surface area contributed by atoms with Crippen molar-refractivity contribution in [3.63, 3.8) is 0 Å². The summed E-state index contributed by atoms with van der Waals surface area (Å²) < 4.78 is 4.74. The number of nitrogens with two attached hydrogens (primary N) is 1. The number of aryl methyl sites for hydroxylation is 1. The lowest BCUT2D eigenvalue weighted by molar-refractivity contribution is 0.439. The summed E-state index contributed by atoms with van der Waals surface area (Å²) in [5.41, 5.74) is 7.41. The first-order valence-corrected chi connectivity index (χ1v) is 4.67. The van der Waals surface area contributed by atoms with Crippen molar-refractivity contribution in [3.8, 4) is 17.0 Å². The summed E-state index contributed by atoms with van der Waals surface area (Å²) in [5.74, 6) is 0.232. The van der Waals surface area contributed by atoms with E-state index in [1.54, 1.807) is 18.2 Å². The lowest BCUT2D eigenvalue weighted by Gasteiger charge is -2.04. The topological polar surface area (TPSA) is 72.3 Å². The Kier molecular flexibility index (Phi) is 2.28. The van der Waals surface area contributed by atoms with Gasteiger partial charge in [0.25, 0.3) is 0 Å². The first-order valence-electron chi connectivity index (χ1n) is 4.29.